The normalized spacial score (nSPS) is 25.0. The number of carboxylic acids is 1. The molecule has 98 valence electrons. The van der Waals surface area contributed by atoms with Crippen molar-refractivity contribution in [1.82, 2.24) is 4.90 Å². The molecule has 0 radical (unpaired) electrons. The molecule has 1 fully saturated rings. The molecule has 1 heterocycles. The van der Waals surface area contributed by atoms with Crippen molar-refractivity contribution in [2.45, 2.75) is 38.3 Å². The number of aliphatic carboxylic acids is 1. The van der Waals surface area contributed by atoms with Gasteiger partial charge in [0.25, 0.3) is 0 Å². The number of halogens is 1. The molecule has 3 nitrogen and oxygen atoms in total. The van der Waals surface area contributed by atoms with E-state index in [1.165, 1.54) is 0 Å². The Bertz CT molecular complexity index is 432. The van der Waals surface area contributed by atoms with E-state index in [9.17, 15) is 9.90 Å². The first kappa shape index (κ1) is 13.4. The van der Waals surface area contributed by atoms with Crippen molar-refractivity contribution in [3.63, 3.8) is 0 Å². The lowest BCUT2D eigenvalue weighted by atomic mass is 9.88. The first-order valence-electron chi connectivity index (χ1n) is 6.25. The third kappa shape index (κ3) is 2.68. The molecule has 0 bridgehead atoms. The largest absolute Gasteiger partial charge is 0.480 e. The molecule has 18 heavy (non-hydrogen) atoms. The van der Waals surface area contributed by atoms with E-state index in [1.54, 1.807) is 0 Å². The van der Waals surface area contributed by atoms with Crippen LogP contribution < -0.4 is 0 Å². The van der Waals surface area contributed by atoms with E-state index in [1.807, 2.05) is 31.2 Å². The summed E-state index contributed by atoms with van der Waals surface area (Å²) in [6, 6.07) is 7.61. The topological polar surface area (TPSA) is 40.5 Å². The van der Waals surface area contributed by atoms with Crippen molar-refractivity contribution in [3.05, 3.63) is 34.9 Å². The van der Waals surface area contributed by atoms with Gasteiger partial charge in [0.1, 0.15) is 5.54 Å². The molecule has 0 saturated carbocycles. The van der Waals surface area contributed by atoms with Gasteiger partial charge in [-0.1, -0.05) is 23.7 Å². The fourth-order valence-electron chi connectivity index (χ4n) is 2.48. The Morgan fingerprint density at radius 3 is 2.67 bits per heavy atom. The number of rotatable bonds is 3. The van der Waals surface area contributed by atoms with Crippen LogP contribution in [0.1, 0.15) is 31.7 Å². The molecule has 1 aliphatic heterocycles. The summed E-state index contributed by atoms with van der Waals surface area (Å²) < 4.78 is 0. The lowest BCUT2D eigenvalue weighted by molar-refractivity contribution is -0.153. The van der Waals surface area contributed by atoms with Gasteiger partial charge in [-0.25, -0.2) is 0 Å². The second-order valence-electron chi connectivity index (χ2n) is 5.08. The number of benzene rings is 1. The Hall–Kier alpha value is -1.06. The van der Waals surface area contributed by atoms with Crippen LogP contribution in [0.15, 0.2) is 24.3 Å². The van der Waals surface area contributed by atoms with Gasteiger partial charge in [0.15, 0.2) is 0 Å². The first-order valence-corrected chi connectivity index (χ1v) is 6.63. The minimum Gasteiger partial charge on any atom is -0.480 e. The maximum Gasteiger partial charge on any atom is 0.323 e. The molecule has 1 saturated heterocycles. The molecule has 1 atom stereocenters. The smallest absolute Gasteiger partial charge is 0.323 e. The lowest BCUT2D eigenvalue weighted by Gasteiger charge is -2.41. The predicted molar refractivity (Wildman–Crippen MR) is 71.8 cm³/mol. The molecule has 4 heteroatoms. The predicted octanol–water partition coefficient (Wildman–Crippen LogP) is 3.17. The van der Waals surface area contributed by atoms with Gasteiger partial charge < -0.3 is 5.11 Å². The van der Waals surface area contributed by atoms with Gasteiger partial charge in [-0.2, -0.15) is 0 Å². The fraction of sp³-hybridized carbons (Fsp3) is 0.500. The Balaban J connectivity index is 2.15. The molecule has 0 aromatic heterocycles. The number of nitrogens with zero attached hydrogens (tertiary/aromatic N) is 1. The van der Waals surface area contributed by atoms with Gasteiger partial charge in [0.05, 0.1) is 0 Å². The van der Waals surface area contributed by atoms with E-state index in [2.05, 4.69) is 4.90 Å². The maximum atomic E-state index is 11.5. The van der Waals surface area contributed by atoms with Crippen molar-refractivity contribution in [2.24, 2.45) is 0 Å². The Morgan fingerprint density at radius 2 is 2.06 bits per heavy atom. The zero-order chi connectivity index (χ0) is 13.2. The molecule has 1 aromatic carbocycles. The number of carbonyl (C=O) groups is 1. The Kier molecular flexibility index (Phi) is 3.93. The van der Waals surface area contributed by atoms with Crippen LogP contribution in [0.2, 0.25) is 5.02 Å². The van der Waals surface area contributed by atoms with Crippen molar-refractivity contribution < 1.29 is 9.90 Å². The number of carboxylic acid groups (broad SMARTS) is 1. The van der Waals surface area contributed by atoms with E-state index >= 15 is 0 Å². The average molecular weight is 268 g/mol. The van der Waals surface area contributed by atoms with Crippen LogP contribution in [0.3, 0.4) is 0 Å². The Morgan fingerprint density at radius 1 is 1.39 bits per heavy atom. The van der Waals surface area contributed by atoms with Gasteiger partial charge in [-0.3, -0.25) is 9.69 Å². The second-order valence-corrected chi connectivity index (χ2v) is 5.52. The fourth-order valence-corrected chi connectivity index (χ4v) is 2.61. The van der Waals surface area contributed by atoms with Crippen LogP contribution in [0.25, 0.3) is 0 Å². The van der Waals surface area contributed by atoms with Crippen molar-refractivity contribution >= 4 is 17.6 Å². The lowest BCUT2D eigenvalue weighted by Crippen LogP contribution is -2.54. The van der Waals surface area contributed by atoms with Crippen LogP contribution in [-0.4, -0.2) is 28.1 Å². The van der Waals surface area contributed by atoms with Crippen molar-refractivity contribution in [3.8, 4) is 0 Å². The van der Waals surface area contributed by atoms with Crippen LogP contribution in [-0.2, 0) is 11.3 Å². The summed E-state index contributed by atoms with van der Waals surface area (Å²) in [5.74, 6) is -0.726. The van der Waals surface area contributed by atoms with Crippen molar-refractivity contribution in [2.75, 3.05) is 6.54 Å². The van der Waals surface area contributed by atoms with Gasteiger partial charge >= 0.3 is 5.97 Å². The molecule has 1 aliphatic rings. The van der Waals surface area contributed by atoms with E-state index in [-0.39, 0.29) is 0 Å². The van der Waals surface area contributed by atoms with Crippen LogP contribution in [0, 0.1) is 0 Å². The molecule has 0 amide bonds. The first-order chi connectivity index (χ1) is 8.52. The van der Waals surface area contributed by atoms with Crippen LogP contribution in [0.4, 0.5) is 0 Å². The summed E-state index contributed by atoms with van der Waals surface area (Å²) in [5, 5.41) is 10.1. The summed E-state index contributed by atoms with van der Waals surface area (Å²) >= 11 is 5.85. The molecule has 1 aromatic rings. The van der Waals surface area contributed by atoms with Crippen LogP contribution >= 0.6 is 11.6 Å². The quantitative estimate of drug-likeness (QED) is 0.914. The second kappa shape index (κ2) is 5.29. The summed E-state index contributed by atoms with van der Waals surface area (Å²) in [5.41, 5.74) is 0.367. The number of hydrogen-bond acceptors (Lipinski definition) is 2. The molecule has 1 unspecified atom stereocenters. The molecular formula is C14H18ClNO2. The average Bonchev–Trinajstić information content (AvgIpc) is 2.35. The van der Waals surface area contributed by atoms with Gasteiger partial charge in [0.2, 0.25) is 0 Å². The number of piperidine rings is 1. The zero-order valence-electron chi connectivity index (χ0n) is 10.5. The van der Waals surface area contributed by atoms with Crippen LogP contribution in [0.5, 0.6) is 0 Å². The summed E-state index contributed by atoms with van der Waals surface area (Å²) in [4.78, 5) is 13.5. The van der Waals surface area contributed by atoms with E-state index in [0.29, 0.717) is 11.6 Å². The van der Waals surface area contributed by atoms with E-state index in [4.69, 9.17) is 11.6 Å². The molecule has 2 rings (SSSR count). The number of hydrogen-bond donors (Lipinski definition) is 1. The zero-order valence-corrected chi connectivity index (χ0v) is 11.3. The summed E-state index contributed by atoms with van der Waals surface area (Å²) in [6.07, 6.45) is 2.77. The molecule has 1 N–H and O–H groups in total. The molecule has 0 aliphatic carbocycles. The summed E-state index contributed by atoms with van der Waals surface area (Å²) in [6.45, 7) is 3.33. The number of likely N-dealkylation sites (tertiary alicyclic amines) is 1. The van der Waals surface area contributed by atoms with E-state index < -0.39 is 11.5 Å². The van der Waals surface area contributed by atoms with Gasteiger partial charge in [-0.05, 0) is 50.4 Å². The summed E-state index contributed by atoms with van der Waals surface area (Å²) in [7, 11) is 0. The highest BCUT2D eigenvalue weighted by Crippen LogP contribution is 2.29. The highest BCUT2D eigenvalue weighted by molar-refractivity contribution is 6.30. The Labute approximate surface area is 112 Å². The minimum absolute atomic E-state index is 0.667. The SMILES string of the molecule is CC1(C(=O)O)CCCCN1Cc1ccc(Cl)cc1. The van der Waals surface area contributed by atoms with Crippen molar-refractivity contribution in [1.29, 1.82) is 0 Å². The molecule has 0 spiro atoms. The highest BCUT2D eigenvalue weighted by atomic mass is 35.5. The minimum atomic E-state index is -0.738. The van der Waals surface area contributed by atoms with Gasteiger partial charge in [-0.15, -0.1) is 0 Å². The van der Waals surface area contributed by atoms with Gasteiger partial charge in [0, 0.05) is 11.6 Å². The standard InChI is InChI=1S/C14H18ClNO2/c1-14(13(17)18)8-2-3-9-16(14)10-11-4-6-12(15)7-5-11/h4-7H,2-3,8-10H2,1H3,(H,17,18). The third-order valence-electron chi connectivity index (χ3n) is 3.79. The maximum absolute atomic E-state index is 11.5. The van der Waals surface area contributed by atoms with E-state index in [0.717, 1.165) is 31.4 Å². The monoisotopic (exact) mass is 267 g/mol. The third-order valence-corrected chi connectivity index (χ3v) is 4.04. The highest BCUT2D eigenvalue weighted by Gasteiger charge is 2.40. The molecular weight excluding hydrogens is 250 g/mol.